The summed E-state index contributed by atoms with van der Waals surface area (Å²) in [6.07, 6.45) is 6.25. The zero-order valence-corrected chi connectivity index (χ0v) is 16.4. The summed E-state index contributed by atoms with van der Waals surface area (Å²) < 4.78 is 15.7. The molecule has 2 aromatic heterocycles. The van der Waals surface area contributed by atoms with Crippen molar-refractivity contribution in [1.82, 2.24) is 5.01 Å². The summed E-state index contributed by atoms with van der Waals surface area (Å²) in [5, 5.41) is 5.84. The van der Waals surface area contributed by atoms with Crippen LogP contribution in [0.1, 0.15) is 35.1 Å². The van der Waals surface area contributed by atoms with Crippen LogP contribution in [0.25, 0.3) is 6.08 Å². The van der Waals surface area contributed by atoms with Crippen molar-refractivity contribution in [2.75, 3.05) is 6.61 Å². The van der Waals surface area contributed by atoms with E-state index >= 15 is 0 Å². The van der Waals surface area contributed by atoms with Crippen LogP contribution >= 0.6 is 0 Å². The smallest absolute Gasteiger partial charge is 0.331 e. The number of benzene rings is 1. The van der Waals surface area contributed by atoms with E-state index in [4.69, 9.17) is 13.6 Å². The molecular formula is C23H20N2O5. The second-order valence-electron chi connectivity index (χ2n) is 6.84. The second kappa shape index (κ2) is 8.65. The quantitative estimate of drug-likeness (QED) is 0.456. The largest absolute Gasteiger partial charge is 0.467 e. The molecule has 0 saturated carbocycles. The van der Waals surface area contributed by atoms with Crippen molar-refractivity contribution in [3.8, 4) is 0 Å². The Balaban J connectivity index is 1.46. The van der Waals surface area contributed by atoms with E-state index in [0.717, 1.165) is 16.8 Å². The van der Waals surface area contributed by atoms with Gasteiger partial charge in [-0.2, -0.15) is 5.10 Å². The summed E-state index contributed by atoms with van der Waals surface area (Å²) in [6.45, 7) is 1.58. The highest BCUT2D eigenvalue weighted by molar-refractivity contribution is 6.03. The number of aryl methyl sites for hydroxylation is 1. The molecule has 30 heavy (non-hydrogen) atoms. The van der Waals surface area contributed by atoms with Crippen LogP contribution in [0.2, 0.25) is 0 Å². The van der Waals surface area contributed by atoms with E-state index in [2.05, 4.69) is 5.10 Å². The van der Waals surface area contributed by atoms with Crippen LogP contribution in [0.5, 0.6) is 0 Å². The van der Waals surface area contributed by atoms with Gasteiger partial charge in [0.2, 0.25) is 0 Å². The van der Waals surface area contributed by atoms with Crippen LogP contribution in [0.4, 0.5) is 0 Å². The van der Waals surface area contributed by atoms with E-state index < -0.39 is 18.5 Å². The van der Waals surface area contributed by atoms with Gasteiger partial charge in [-0.3, -0.25) is 4.79 Å². The SMILES string of the molecule is Cc1ccc(C2=NN(C(=O)COC(=O)/C=C/c3ccco3)[C@H](c3ccco3)C2)cc1. The average molecular weight is 404 g/mol. The summed E-state index contributed by atoms with van der Waals surface area (Å²) in [5.41, 5.74) is 2.85. The summed E-state index contributed by atoms with van der Waals surface area (Å²) >= 11 is 0. The van der Waals surface area contributed by atoms with Gasteiger partial charge in [0, 0.05) is 12.5 Å². The van der Waals surface area contributed by atoms with Gasteiger partial charge in [0.25, 0.3) is 5.91 Å². The van der Waals surface area contributed by atoms with E-state index in [1.807, 2.05) is 31.2 Å². The molecule has 1 atom stereocenters. The molecule has 0 fully saturated rings. The number of esters is 1. The Hall–Kier alpha value is -3.87. The number of hydrazone groups is 1. The van der Waals surface area contributed by atoms with Crippen molar-refractivity contribution >= 4 is 23.7 Å². The molecular weight excluding hydrogens is 384 g/mol. The first kappa shape index (κ1) is 19.4. The fourth-order valence-corrected chi connectivity index (χ4v) is 3.15. The van der Waals surface area contributed by atoms with Gasteiger partial charge in [-0.15, -0.1) is 0 Å². The maximum atomic E-state index is 12.8. The summed E-state index contributed by atoms with van der Waals surface area (Å²) in [4.78, 5) is 24.7. The Morgan fingerprint density at radius 3 is 2.60 bits per heavy atom. The molecule has 0 spiro atoms. The number of nitrogens with zero attached hydrogens (tertiary/aromatic N) is 2. The van der Waals surface area contributed by atoms with E-state index in [1.165, 1.54) is 23.4 Å². The van der Waals surface area contributed by atoms with Crippen LogP contribution in [-0.4, -0.2) is 29.2 Å². The fourth-order valence-electron chi connectivity index (χ4n) is 3.15. The molecule has 1 aromatic carbocycles. The first-order chi connectivity index (χ1) is 14.6. The molecule has 0 bridgehead atoms. The molecule has 7 nitrogen and oxygen atoms in total. The summed E-state index contributed by atoms with van der Waals surface area (Å²) in [6, 6.07) is 14.5. The monoisotopic (exact) mass is 404 g/mol. The Morgan fingerprint density at radius 2 is 1.90 bits per heavy atom. The van der Waals surface area contributed by atoms with Crippen LogP contribution in [0.3, 0.4) is 0 Å². The van der Waals surface area contributed by atoms with E-state index in [-0.39, 0.29) is 6.04 Å². The first-order valence-corrected chi connectivity index (χ1v) is 9.48. The van der Waals surface area contributed by atoms with Crippen molar-refractivity contribution in [2.45, 2.75) is 19.4 Å². The Kier molecular flexibility index (Phi) is 5.61. The zero-order chi connectivity index (χ0) is 20.9. The molecule has 1 aliphatic heterocycles. The molecule has 1 aliphatic rings. The maximum absolute atomic E-state index is 12.8. The minimum atomic E-state index is -0.642. The van der Waals surface area contributed by atoms with Gasteiger partial charge in [-0.25, -0.2) is 9.80 Å². The molecule has 3 aromatic rings. The van der Waals surface area contributed by atoms with Crippen molar-refractivity contribution in [1.29, 1.82) is 0 Å². The van der Waals surface area contributed by atoms with Crippen LogP contribution < -0.4 is 0 Å². The van der Waals surface area contributed by atoms with Gasteiger partial charge in [0.05, 0.1) is 18.2 Å². The number of furan rings is 2. The lowest BCUT2D eigenvalue weighted by Gasteiger charge is -2.19. The van der Waals surface area contributed by atoms with Gasteiger partial charge >= 0.3 is 5.97 Å². The third-order valence-electron chi connectivity index (χ3n) is 4.69. The van der Waals surface area contributed by atoms with Gasteiger partial charge in [-0.1, -0.05) is 29.8 Å². The normalized spacial score (nSPS) is 16.1. The second-order valence-corrected chi connectivity index (χ2v) is 6.84. The fraction of sp³-hybridized carbons (Fsp3) is 0.174. The van der Waals surface area contributed by atoms with Gasteiger partial charge in [0.15, 0.2) is 6.61 Å². The van der Waals surface area contributed by atoms with Crippen molar-refractivity contribution in [3.63, 3.8) is 0 Å². The van der Waals surface area contributed by atoms with Gasteiger partial charge < -0.3 is 13.6 Å². The average Bonchev–Trinajstić information content (AvgIpc) is 3.52. The lowest BCUT2D eigenvalue weighted by atomic mass is 10.0. The molecule has 3 heterocycles. The lowest BCUT2D eigenvalue weighted by molar-refractivity contribution is -0.149. The molecule has 1 amide bonds. The predicted octanol–water partition coefficient (Wildman–Crippen LogP) is 4.12. The number of ether oxygens (including phenoxy) is 1. The highest BCUT2D eigenvalue weighted by Gasteiger charge is 2.35. The molecule has 0 unspecified atom stereocenters. The predicted molar refractivity (Wildman–Crippen MR) is 109 cm³/mol. The van der Waals surface area contributed by atoms with E-state index in [0.29, 0.717) is 17.9 Å². The van der Waals surface area contributed by atoms with Crippen LogP contribution in [0, 0.1) is 6.92 Å². The highest BCUT2D eigenvalue weighted by atomic mass is 16.5. The Morgan fingerprint density at radius 1 is 1.13 bits per heavy atom. The van der Waals surface area contributed by atoms with Crippen LogP contribution in [0.15, 0.2) is 81.1 Å². The molecule has 7 heteroatoms. The van der Waals surface area contributed by atoms with E-state index in [1.54, 1.807) is 30.5 Å². The number of hydrogen-bond donors (Lipinski definition) is 0. The van der Waals surface area contributed by atoms with Crippen molar-refractivity contribution in [3.05, 3.63) is 89.8 Å². The van der Waals surface area contributed by atoms with Crippen LogP contribution in [-0.2, 0) is 14.3 Å². The van der Waals surface area contributed by atoms with Gasteiger partial charge in [-0.05, 0) is 42.8 Å². The molecule has 0 aliphatic carbocycles. The third kappa shape index (κ3) is 4.41. The highest BCUT2D eigenvalue weighted by Crippen LogP contribution is 2.33. The van der Waals surface area contributed by atoms with Crippen molar-refractivity contribution in [2.24, 2.45) is 5.10 Å². The summed E-state index contributed by atoms with van der Waals surface area (Å²) in [7, 11) is 0. The lowest BCUT2D eigenvalue weighted by Crippen LogP contribution is -2.31. The topological polar surface area (TPSA) is 85.3 Å². The molecule has 0 saturated heterocycles. The minimum absolute atomic E-state index is 0.388. The number of carbonyl (C=O) groups excluding carboxylic acids is 2. The Labute approximate surface area is 173 Å². The number of carbonyl (C=O) groups is 2. The molecule has 152 valence electrons. The van der Waals surface area contributed by atoms with E-state index in [9.17, 15) is 9.59 Å². The molecule has 4 rings (SSSR count). The Bertz CT molecular complexity index is 1060. The standard InChI is InChI=1S/C23H20N2O5/c1-16-6-8-17(9-7-16)19-14-20(21-5-3-13-29-21)25(24-19)22(26)15-30-23(27)11-10-18-4-2-12-28-18/h2-13,20H,14-15H2,1H3/b11-10+/t20-/m0/s1. The number of hydrogen-bond acceptors (Lipinski definition) is 6. The number of amides is 1. The molecule has 0 N–H and O–H groups in total. The van der Waals surface area contributed by atoms with Crippen molar-refractivity contribution < 1.29 is 23.2 Å². The number of rotatable bonds is 6. The third-order valence-corrected chi connectivity index (χ3v) is 4.69. The van der Waals surface area contributed by atoms with Gasteiger partial charge in [0.1, 0.15) is 17.6 Å². The zero-order valence-electron chi connectivity index (χ0n) is 16.4. The molecule has 0 radical (unpaired) electrons. The summed E-state index contributed by atoms with van der Waals surface area (Å²) in [5.74, 6) is 0.0655. The maximum Gasteiger partial charge on any atom is 0.331 e. The minimum Gasteiger partial charge on any atom is -0.467 e. The first-order valence-electron chi connectivity index (χ1n) is 9.48.